The average molecular weight is 448 g/mol. The highest BCUT2D eigenvalue weighted by molar-refractivity contribution is 6.05. The third-order valence-corrected chi connectivity index (χ3v) is 6.21. The number of anilines is 2. The third kappa shape index (κ3) is 5.34. The number of hydrogen-bond donors (Lipinski definition) is 0. The van der Waals surface area contributed by atoms with Crippen LogP contribution in [0.5, 0.6) is 5.75 Å². The van der Waals surface area contributed by atoms with E-state index in [1.807, 2.05) is 42.5 Å². The molecule has 1 unspecified atom stereocenters. The van der Waals surface area contributed by atoms with Crippen molar-refractivity contribution in [1.29, 1.82) is 0 Å². The van der Waals surface area contributed by atoms with Gasteiger partial charge in [0.1, 0.15) is 18.2 Å². The van der Waals surface area contributed by atoms with E-state index < -0.39 is 0 Å². The molecule has 0 aliphatic carbocycles. The summed E-state index contributed by atoms with van der Waals surface area (Å²) in [5.74, 6) is 0.306. The number of nitrogens with zero attached hydrogens (tertiary/aromatic N) is 3. The van der Waals surface area contributed by atoms with Crippen LogP contribution in [0.15, 0.2) is 72.8 Å². The molecule has 1 fully saturated rings. The van der Waals surface area contributed by atoms with Crippen molar-refractivity contribution in [2.45, 2.75) is 19.1 Å². The van der Waals surface area contributed by atoms with Gasteiger partial charge >= 0.3 is 0 Å². The number of rotatable bonds is 7. The molecule has 33 heavy (non-hydrogen) atoms. The van der Waals surface area contributed by atoms with Gasteiger partial charge in [-0.2, -0.15) is 0 Å². The lowest BCUT2D eigenvalue weighted by molar-refractivity contribution is 0.0993. The van der Waals surface area contributed by atoms with Gasteiger partial charge in [-0.1, -0.05) is 30.3 Å². The Morgan fingerprint density at radius 3 is 2.39 bits per heavy atom. The maximum Gasteiger partial charge on any atom is 0.258 e. The summed E-state index contributed by atoms with van der Waals surface area (Å²) in [5, 5.41) is 0. The first-order valence-corrected chi connectivity index (χ1v) is 11.2. The van der Waals surface area contributed by atoms with Crippen LogP contribution in [0.2, 0.25) is 0 Å². The van der Waals surface area contributed by atoms with Crippen LogP contribution in [-0.2, 0) is 6.61 Å². The van der Waals surface area contributed by atoms with Crippen molar-refractivity contribution in [3.63, 3.8) is 0 Å². The SMILES string of the molecule is CN(C(=O)c1ccc(COc2ccccc2)cc1)c1ccc(N2CCC(N(C)C)C2)c(F)c1. The van der Waals surface area contributed by atoms with Crippen LogP contribution in [0, 0.1) is 5.82 Å². The molecule has 1 atom stereocenters. The molecule has 0 bridgehead atoms. The van der Waals surface area contributed by atoms with Gasteiger partial charge < -0.3 is 19.4 Å². The van der Waals surface area contributed by atoms with Gasteiger partial charge in [-0.3, -0.25) is 4.79 Å². The molecule has 172 valence electrons. The van der Waals surface area contributed by atoms with Crippen LogP contribution in [0.25, 0.3) is 0 Å². The molecule has 1 heterocycles. The molecular weight excluding hydrogens is 417 g/mol. The van der Waals surface area contributed by atoms with E-state index in [1.54, 1.807) is 31.3 Å². The number of halogens is 1. The van der Waals surface area contributed by atoms with E-state index in [2.05, 4.69) is 23.9 Å². The predicted molar refractivity (Wildman–Crippen MR) is 131 cm³/mol. The standard InChI is InChI=1S/C27H30FN3O2/c1-29(2)23-15-16-31(18-23)26-14-13-22(17-25(26)28)30(3)27(32)21-11-9-20(10-12-21)19-33-24-7-5-4-6-8-24/h4-14,17,23H,15-16,18-19H2,1-3H3. The van der Waals surface area contributed by atoms with E-state index in [0.717, 1.165) is 30.8 Å². The zero-order valence-corrected chi connectivity index (χ0v) is 19.4. The fraction of sp³-hybridized carbons (Fsp3) is 0.296. The van der Waals surface area contributed by atoms with Gasteiger partial charge in [-0.25, -0.2) is 4.39 Å². The first kappa shape index (κ1) is 22.8. The normalized spacial score (nSPS) is 15.7. The summed E-state index contributed by atoms with van der Waals surface area (Å²) in [6, 6.07) is 22.4. The van der Waals surface area contributed by atoms with Crippen molar-refractivity contribution in [2.75, 3.05) is 44.0 Å². The van der Waals surface area contributed by atoms with Gasteiger partial charge in [0, 0.05) is 37.4 Å². The summed E-state index contributed by atoms with van der Waals surface area (Å²) in [5.41, 5.74) is 2.63. The molecule has 4 rings (SSSR count). The molecule has 0 N–H and O–H groups in total. The number of ether oxygens (including phenoxy) is 1. The second kappa shape index (κ2) is 10.0. The third-order valence-electron chi connectivity index (χ3n) is 6.21. The minimum absolute atomic E-state index is 0.188. The van der Waals surface area contributed by atoms with Gasteiger partial charge in [0.05, 0.1) is 5.69 Å². The molecule has 1 amide bonds. The summed E-state index contributed by atoms with van der Waals surface area (Å²) < 4.78 is 20.7. The Bertz CT molecular complexity index is 1090. The van der Waals surface area contributed by atoms with E-state index in [1.165, 1.54) is 11.0 Å². The lowest BCUT2D eigenvalue weighted by Gasteiger charge is -2.24. The average Bonchev–Trinajstić information content (AvgIpc) is 3.33. The highest BCUT2D eigenvalue weighted by Crippen LogP contribution is 2.29. The largest absolute Gasteiger partial charge is 0.489 e. The molecular formula is C27H30FN3O2. The van der Waals surface area contributed by atoms with Crippen molar-refractivity contribution in [3.8, 4) is 5.75 Å². The van der Waals surface area contributed by atoms with Gasteiger partial charge in [-0.15, -0.1) is 0 Å². The molecule has 1 aliphatic heterocycles. The number of hydrogen-bond acceptors (Lipinski definition) is 4. The van der Waals surface area contributed by atoms with Crippen LogP contribution in [0.1, 0.15) is 22.3 Å². The van der Waals surface area contributed by atoms with Crippen molar-refractivity contribution in [1.82, 2.24) is 4.90 Å². The van der Waals surface area contributed by atoms with Crippen LogP contribution in [0.3, 0.4) is 0 Å². The molecule has 1 saturated heterocycles. The van der Waals surface area contributed by atoms with E-state index in [9.17, 15) is 9.18 Å². The van der Waals surface area contributed by atoms with Crippen molar-refractivity contribution < 1.29 is 13.9 Å². The Balaban J connectivity index is 1.40. The van der Waals surface area contributed by atoms with Gasteiger partial charge in [0.15, 0.2) is 0 Å². The number of amides is 1. The van der Waals surface area contributed by atoms with Crippen LogP contribution in [-0.4, -0.2) is 51.1 Å². The van der Waals surface area contributed by atoms with Crippen molar-refractivity contribution >= 4 is 17.3 Å². The molecule has 0 aromatic heterocycles. The first-order valence-electron chi connectivity index (χ1n) is 11.2. The van der Waals surface area contributed by atoms with Crippen LogP contribution in [0.4, 0.5) is 15.8 Å². The molecule has 1 aliphatic rings. The lowest BCUT2D eigenvalue weighted by Crippen LogP contribution is -2.31. The van der Waals surface area contributed by atoms with Crippen LogP contribution >= 0.6 is 0 Å². The molecule has 3 aromatic rings. The number of para-hydroxylation sites is 1. The summed E-state index contributed by atoms with van der Waals surface area (Å²) in [7, 11) is 5.77. The fourth-order valence-corrected chi connectivity index (χ4v) is 4.08. The number of carbonyl (C=O) groups is 1. The van der Waals surface area contributed by atoms with E-state index in [0.29, 0.717) is 29.6 Å². The quantitative estimate of drug-likeness (QED) is 0.520. The van der Waals surface area contributed by atoms with E-state index in [4.69, 9.17) is 4.74 Å². The fourth-order valence-electron chi connectivity index (χ4n) is 4.08. The molecule has 0 radical (unpaired) electrons. The Morgan fingerprint density at radius 2 is 1.76 bits per heavy atom. The summed E-state index contributed by atoms with van der Waals surface area (Å²) in [6.07, 6.45) is 1.01. The van der Waals surface area contributed by atoms with E-state index in [-0.39, 0.29) is 11.7 Å². The first-order chi connectivity index (χ1) is 15.9. The van der Waals surface area contributed by atoms with Gasteiger partial charge in [-0.05, 0) is 68.5 Å². The number of likely N-dealkylation sites (N-methyl/N-ethyl adjacent to an activating group) is 1. The van der Waals surface area contributed by atoms with E-state index >= 15 is 0 Å². The smallest absolute Gasteiger partial charge is 0.258 e. The Hall–Kier alpha value is -3.38. The van der Waals surface area contributed by atoms with Crippen molar-refractivity contribution in [2.24, 2.45) is 0 Å². The molecule has 5 nitrogen and oxygen atoms in total. The molecule has 3 aromatic carbocycles. The van der Waals surface area contributed by atoms with Crippen molar-refractivity contribution in [3.05, 3.63) is 89.7 Å². The maximum atomic E-state index is 14.9. The van der Waals surface area contributed by atoms with Gasteiger partial charge in [0.25, 0.3) is 5.91 Å². The summed E-state index contributed by atoms with van der Waals surface area (Å²) >= 11 is 0. The highest BCUT2D eigenvalue weighted by atomic mass is 19.1. The molecule has 0 saturated carbocycles. The Kier molecular flexibility index (Phi) is 6.94. The molecule has 6 heteroatoms. The number of carbonyl (C=O) groups excluding carboxylic acids is 1. The zero-order chi connectivity index (χ0) is 23.4. The Labute approximate surface area is 195 Å². The van der Waals surface area contributed by atoms with Gasteiger partial charge in [0.2, 0.25) is 0 Å². The topological polar surface area (TPSA) is 36.0 Å². The lowest BCUT2D eigenvalue weighted by atomic mass is 10.1. The monoisotopic (exact) mass is 447 g/mol. The predicted octanol–water partition coefficient (Wildman–Crippen LogP) is 4.82. The summed E-state index contributed by atoms with van der Waals surface area (Å²) in [6.45, 7) is 2.05. The number of benzene rings is 3. The highest BCUT2D eigenvalue weighted by Gasteiger charge is 2.26. The second-order valence-corrected chi connectivity index (χ2v) is 8.65. The minimum atomic E-state index is -0.306. The minimum Gasteiger partial charge on any atom is -0.489 e. The van der Waals surface area contributed by atoms with Crippen LogP contribution < -0.4 is 14.5 Å². The Morgan fingerprint density at radius 1 is 1.03 bits per heavy atom. The zero-order valence-electron chi connectivity index (χ0n) is 19.4. The second-order valence-electron chi connectivity index (χ2n) is 8.65. The maximum absolute atomic E-state index is 14.9. The summed E-state index contributed by atoms with van der Waals surface area (Å²) in [4.78, 5) is 18.7. The molecule has 0 spiro atoms.